The van der Waals surface area contributed by atoms with Gasteiger partial charge in [0.15, 0.2) is 5.11 Å². The Bertz CT molecular complexity index is 1160. The number of methoxy groups -OCH3 is 2. The number of ether oxygens (including phenoxy) is 2. The molecule has 172 valence electrons. The van der Waals surface area contributed by atoms with Crippen molar-refractivity contribution < 1.29 is 14.0 Å². The van der Waals surface area contributed by atoms with Gasteiger partial charge in [0.1, 0.15) is 5.75 Å². The lowest BCUT2D eigenvalue weighted by Gasteiger charge is -2.37. The Morgan fingerprint density at radius 1 is 1.18 bits per heavy atom. The Morgan fingerprint density at radius 2 is 1.97 bits per heavy atom. The molecule has 1 atom stereocenters. The smallest absolute Gasteiger partial charge is 0.258 e. The van der Waals surface area contributed by atoms with Gasteiger partial charge in [-0.1, -0.05) is 41.0 Å². The van der Waals surface area contributed by atoms with Gasteiger partial charge in [-0.25, -0.2) is 0 Å². The number of hydrogen-bond acceptors (Lipinski definition) is 6. The second-order valence-corrected chi connectivity index (χ2v) is 8.41. The van der Waals surface area contributed by atoms with E-state index in [1.807, 2.05) is 60.4 Å². The summed E-state index contributed by atoms with van der Waals surface area (Å²) in [6.45, 7) is 3.37. The number of nitrogens with one attached hydrogen (secondary N) is 1. The van der Waals surface area contributed by atoms with Crippen LogP contribution in [0.5, 0.6) is 5.75 Å². The van der Waals surface area contributed by atoms with Gasteiger partial charge in [-0.3, -0.25) is 0 Å². The first-order valence-corrected chi connectivity index (χ1v) is 11.3. The van der Waals surface area contributed by atoms with Gasteiger partial charge >= 0.3 is 0 Å². The molecule has 0 fully saturated rings. The van der Waals surface area contributed by atoms with E-state index in [2.05, 4.69) is 10.5 Å². The first-order valence-electron chi connectivity index (χ1n) is 10.5. The first kappa shape index (κ1) is 23.2. The predicted molar refractivity (Wildman–Crippen MR) is 132 cm³/mol. The summed E-state index contributed by atoms with van der Waals surface area (Å²) in [6, 6.07) is 15.0. The van der Waals surface area contributed by atoms with Gasteiger partial charge in [0.2, 0.25) is 5.82 Å². The highest BCUT2D eigenvalue weighted by molar-refractivity contribution is 7.80. The molecular formula is C24H25ClN4O3S. The molecule has 33 heavy (non-hydrogen) atoms. The standard InChI is InChI=1S/C24H25ClN4O3S/c1-15-20(23-27-22(28-32-23)17-6-4-7-18(25)14-17)21(16-8-10-19(31-3)11-9-16)26-24(33)29(15)12-5-13-30-2/h4,6-11,14,21H,5,12-13H2,1-3H3,(H,26,33). The summed E-state index contributed by atoms with van der Waals surface area (Å²) in [5, 5.41) is 8.92. The van der Waals surface area contributed by atoms with Crippen molar-refractivity contribution in [2.45, 2.75) is 19.4 Å². The average Bonchev–Trinajstić information content (AvgIpc) is 3.31. The Kier molecular flexibility index (Phi) is 7.27. The van der Waals surface area contributed by atoms with E-state index in [0.29, 0.717) is 35.0 Å². The lowest BCUT2D eigenvalue weighted by atomic mass is 9.94. The number of nitrogens with zero attached hydrogens (tertiary/aromatic N) is 3. The monoisotopic (exact) mass is 484 g/mol. The maximum absolute atomic E-state index is 6.15. The molecule has 1 aliphatic heterocycles. The van der Waals surface area contributed by atoms with E-state index in [0.717, 1.165) is 34.6 Å². The third-order valence-corrected chi connectivity index (χ3v) is 6.09. The van der Waals surface area contributed by atoms with Crippen LogP contribution in [-0.4, -0.2) is 47.5 Å². The van der Waals surface area contributed by atoms with Crippen LogP contribution < -0.4 is 10.1 Å². The molecule has 0 bridgehead atoms. The molecule has 0 spiro atoms. The molecule has 3 aromatic rings. The van der Waals surface area contributed by atoms with Crippen molar-refractivity contribution in [1.29, 1.82) is 0 Å². The minimum absolute atomic E-state index is 0.255. The Morgan fingerprint density at radius 3 is 2.67 bits per heavy atom. The van der Waals surface area contributed by atoms with Crippen LogP contribution in [0.1, 0.15) is 30.8 Å². The molecule has 0 saturated carbocycles. The molecule has 0 saturated heterocycles. The number of thiocarbonyl (C=S) groups is 1. The van der Waals surface area contributed by atoms with Gasteiger partial charge < -0.3 is 24.2 Å². The SMILES string of the molecule is COCCCN1C(=S)NC(c2ccc(OC)cc2)C(c2nc(-c3cccc(Cl)c3)no2)=C1C. The minimum atomic E-state index is -0.255. The molecular weight excluding hydrogens is 460 g/mol. The Labute approximate surface area is 203 Å². The molecule has 1 aliphatic rings. The zero-order valence-corrected chi connectivity index (χ0v) is 20.2. The second kappa shape index (κ2) is 10.3. The van der Waals surface area contributed by atoms with E-state index in [-0.39, 0.29) is 6.04 Å². The third kappa shape index (κ3) is 5.03. The zero-order valence-electron chi connectivity index (χ0n) is 18.7. The number of benzene rings is 2. The number of hydrogen-bond donors (Lipinski definition) is 1. The quantitative estimate of drug-likeness (QED) is 0.350. The van der Waals surface area contributed by atoms with E-state index in [9.17, 15) is 0 Å². The number of halogens is 1. The van der Waals surface area contributed by atoms with Gasteiger partial charge in [0, 0.05) is 36.5 Å². The van der Waals surface area contributed by atoms with Crippen molar-refractivity contribution in [1.82, 2.24) is 20.4 Å². The van der Waals surface area contributed by atoms with Crippen LogP contribution >= 0.6 is 23.8 Å². The van der Waals surface area contributed by atoms with Crippen LogP contribution in [-0.2, 0) is 4.74 Å². The summed E-state index contributed by atoms with van der Waals surface area (Å²) >= 11 is 11.9. The van der Waals surface area contributed by atoms with Crippen LogP contribution in [0.3, 0.4) is 0 Å². The van der Waals surface area contributed by atoms with Crippen molar-refractivity contribution >= 4 is 34.5 Å². The fourth-order valence-corrected chi connectivity index (χ4v) is 4.36. The van der Waals surface area contributed by atoms with Crippen LogP contribution in [0, 0.1) is 0 Å². The Balaban J connectivity index is 1.76. The molecule has 9 heteroatoms. The fraction of sp³-hybridized carbons (Fsp3) is 0.292. The summed E-state index contributed by atoms with van der Waals surface area (Å²) in [5.74, 6) is 1.68. The second-order valence-electron chi connectivity index (χ2n) is 7.59. The number of rotatable bonds is 8. The molecule has 0 radical (unpaired) electrons. The van der Waals surface area contributed by atoms with Crippen LogP contribution in [0.2, 0.25) is 5.02 Å². The van der Waals surface area contributed by atoms with Crippen molar-refractivity contribution in [3.63, 3.8) is 0 Å². The molecule has 7 nitrogen and oxygen atoms in total. The molecule has 1 aromatic heterocycles. The van der Waals surface area contributed by atoms with E-state index in [1.165, 1.54) is 0 Å². The Hall–Kier alpha value is -2.94. The molecule has 2 aromatic carbocycles. The molecule has 0 amide bonds. The highest BCUT2D eigenvalue weighted by Crippen LogP contribution is 2.38. The maximum Gasteiger partial charge on any atom is 0.258 e. The summed E-state index contributed by atoms with van der Waals surface area (Å²) in [7, 11) is 3.34. The van der Waals surface area contributed by atoms with Crippen molar-refractivity contribution in [2.75, 3.05) is 27.4 Å². The zero-order chi connectivity index (χ0) is 23.4. The third-order valence-electron chi connectivity index (χ3n) is 5.51. The van der Waals surface area contributed by atoms with Crippen molar-refractivity contribution in [2.24, 2.45) is 0 Å². The highest BCUT2D eigenvalue weighted by atomic mass is 35.5. The van der Waals surface area contributed by atoms with Gasteiger partial charge in [-0.2, -0.15) is 4.98 Å². The summed E-state index contributed by atoms with van der Waals surface area (Å²) in [4.78, 5) is 6.76. The number of aromatic nitrogens is 2. The molecule has 2 heterocycles. The van der Waals surface area contributed by atoms with Gasteiger partial charge in [-0.05, 0) is 55.4 Å². The lowest BCUT2D eigenvalue weighted by molar-refractivity contribution is 0.188. The topological polar surface area (TPSA) is 72.7 Å². The molecule has 4 rings (SSSR count). The first-order chi connectivity index (χ1) is 16.0. The largest absolute Gasteiger partial charge is 0.497 e. The van der Waals surface area contributed by atoms with E-state index in [4.69, 9.17) is 42.8 Å². The van der Waals surface area contributed by atoms with Crippen LogP contribution in [0.15, 0.2) is 58.8 Å². The van der Waals surface area contributed by atoms with E-state index in [1.54, 1.807) is 14.2 Å². The normalized spacial score (nSPS) is 16.2. The van der Waals surface area contributed by atoms with Crippen molar-refractivity contribution in [3.05, 3.63) is 70.7 Å². The maximum atomic E-state index is 6.15. The minimum Gasteiger partial charge on any atom is -0.497 e. The average molecular weight is 485 g/mol. The lowest BCUT2D eigenvalue weighted by Crippen LogP contribution is -2.46. The van der Waals surface area contributed by atoms with E-state index >= 15 is 0 Å². The molecule has 1 N–H and O–H groups in total. The molecule has 1 unspecified atom stereocenters. The van der Waals surface area contributed by atoms with Gasteiger partial charge in [0.25, 0.3) is 5.89 Å². The summed E-state index contributed by atoms with van der Waals surface area (Å²) in [5.41, 5.74) is 3.61. The summed E-state index contributed by atoms with van der Waals surface area (Å²) in [6.07, 6.45) is 0.827. The highest BCUT2D eigenvalue weighted by Gasteiger charge is 2.34. The van der Waals surface area contributed by atoms with E-state index < -0.39 is 0 Å². The van der Waals surface area contributed by atoms with Gasteiger partial charge in [-0.15, -0.1) is 0 Å². The molecule has 0 aliphatic carbocycles. The fourth-order valence-electron chi connectivity index (χ4n) is 3.82. The van der Waals surface area contributed by atoms with Gasteiger partial charge in [0.05, 0.1) is 18.7 Å². The van der Waals surface area contributed by atoms with Crippen molar-refractivity contribution in [3.8, 4) is 17.1 Å². The number of allylic oxidation sites excluding steroid dienone is 1. The predicted octanol–water partition coefficient (Wildman–Crippen LogP) is 5.10. The van der Waals surface area contributed by atoms with Crippen LogP contribution in [0.25, 0.3) is 17.0 Å². The van der Waals surface area contributed by atoms with Crippen LogP contribution in [0.4, 0.5) is 0 Å². The summed E-state index contributed by atoms with van der Waals surface area (Å²) < 4.78 is 16.3.